The van der Waals surface area contributed by atoms with Crippen LogP contribution in [0.2, 0.25) is 0 Å². The highest BCUT2D eigenvalue weighted by atomic mass is 16.8. The summed E-state index contributed by atoms with van der Waals surface area (Å²) in [6.07, 6.45) is 0.119. The molecular weight excluding hydrogens is 380 g/mol. The van der Waals surface area contributed by atoms with Crippen molar-refractivity contribution < 1.29 is 33.3 Å². The normalized spacial score (nSPS) is 10.8. The predicted molar refractivity (Wildman–Crippen MR) is 104 cm³/mol. The molecule has 0 unspecified atom stereocenters. The maximum absolute atomic E-state index is 12.8. The second-order valence-electron chi connectivity index (χ2n) is 6.35. The van der Waals surface area contributed by atoms with Crippen LogP contribution in [0.15, 0.2) is 51.9 Å². The van der Waals surface area contributed by atoms with Crippen LogP contribution in [0, 0.1) is 0 Å². The van der Waals surface area contributed by atoms with Gasteiger partial charge in [0.2, 0.25) is 12.2 Å². The topological polar surface area (TPSA) is 104 Å². The SMILES string of the molecule is COc1ccc(-c2coc3cc(OCOC(=O)OC(C)C)cc(O)c3c2=O)cc1. The van der Waals surface area contributed by atoms with Gasteiger partial charge >= 0.3 is 6.16 Å². The van der Waals surface area contributed by atoms with Crippen molar-refractivity contribution in [3.8, 4) is 28.4 Å². The van der Waals surface area contributed by atoms with E-state index in [4.69, 9.17) is 23.4 Å². The van der Waals surface area contributed by atoms with Gasteiger partial charge in [0.05, 0.1) is 18.8 Å². The molecule has 29 heavy (non-hydrogen) atoms. The van der Waals surface area contributed by atoms with E-state index in [0.717, 1.165) is 0 Å². The monoisotopic (exact) mass is 400 g/mol. The number of phenolic OH excluding ortho intramolecular Hbond substituents is 1. The van der Waals surface area contributed by atoms with Gasteiger partial charge in [0.25, 0.3) is 0 Å². The average Bonchev–Trinajstić information content (AvgIpc) is 2.67. The zero-order valence-corrected chi connectivity index (χ0v) is 16.1. The minimum atomic E-state index is -0.874. The zero-order chi connectivity index (χ0) is 21.0. The van der Waals surface area contributed by atoms with E-state index in [9.17, 15) is 14.7 Å². The standard InChI is InChI=1S/C21H20O8/c1-12(2)29-21(24)28-11-27-15-8-17(22)19-18(9-15)26-10-16(20(19)23)13-4-6-14(25-3)7-5-13/h4-10,12,22H,11H2,1-3H3. The fourth-order valence-electron chi connectivity index (χ4n) is 2.63. The van der Waals surface area contributed by atoms with Crippen LogP contribution in [0.1, 0.15) is 13.8 Å². The first-order valence-electron chi connectivity index (χ1n) is 8.78. The highest BCUT2D eigenvalue weighted by molar-refractivity contribution is 5.88. The van der Waals surface area contributed by atoms with Gasteiger partial charge in [-0.1, -0.05) is 12.1 Å². The third-order valence-electron chi connectivity index (χ3n) is 3.97. The molecule has 0 radical (unpaired) electrons. The Labute approximate surface area is 166 Å². The van der Waals surface area contributed by atoms with E-state index in [1.165, 1.54) is 18.4 Å². The van der Waals surface area contributed by atoms with Crippen LogP contribution >= 0.6 is 0 Å². The summed E-state index contributed by atoms with van der Waals surface area (Å²) < 4.78 is 25.5. The molecule has 0 bridgehead atoms. The first-order valence-corrected chi connectivity index (χ1v) is 8.78. The predicted octanol–water partition coefficient (Wildman–Crippen LogP) is 4.07. The van der Waals surface area contributed by atoms with Crippen molar-refractivity contribution in [2.45, 2.75) is 20.0 Å². The molecule has 0 saturated carbocycles. The summed E-state index contributed by atoms with van der Waals surface area (Å²) in [5.74, 6) is 0.502. The molecule has 3 rings (SSSR count). The molecule has 0 fully saturated rings. The number of phenols is 1. The number of fused-ring (bicyclic) bond motifs is 1. The Bertz CT molecular complexity index is 1070. The Hall–Kier alpha value is -3.68. The first kappa shape index (κ1) is 20.1. The third kappa shape index (κ3) is 4.60. The van der Waals surface area contributed by atoms with E-state index in [1.54, 1.807) is 45.2 Å². The van der Waals surface area contributed by atoms with E-state index < -0.39 is 18.4 Å². The van der Waals surface area contributed by atoms with Gasteiger partial charge in [0, 0.05) is 12.1 Å². The van der Waals surface area contributed by atoms with Gasteiger partial charge in [-0.3, -0.25) is 4.79 Å². The average molecular weight is 400 g/mol. The molecule has 0 amide bonds. The summed E-state index contributed by atoms with van der Waals surface area (Å²) in [6, 6.07) is 9.55. The number of rotatable bonds is 6. The van der Waals surface area contributed by atoms with Crippen LogP contribution < -0.4 is 14.9 Å². The fraction of sp³-hybridized carbons (Fsp3) is 0.238. The number of methoxy groups -OCH3 is 1. The van der Waals surface area contributed by atoms with Crippen molar-refractivity contribution in [3.63, 3.8) is 0 Å². The van der Waals surface area contributed by atoms with E-state index in [0.29, 0.717) is 16.9 Å². The highest BCUT2D eigenvalue weighted by Gasteiger charge is 2.15. The molecule has 2 aromatic carbocycles. The number of aromatic hydroxyl groups is 1. The molecule has 1 N–H and O–H groups in total. The van der Waals surface area contributed by atoms with Gasteiger partial charge in [-0.25, -0.2) is 4.79 Å². The molecule has 8 nitrogen and oxygen atoms in total. The number of hydrogen-bond donors (Lipinski definition) is 1. The van der Waals surface area contributed by atoms with E-state index in [-0.39, 0.29) is 28.6 Å². The number of ether oxygens (including phenoxy) is 4. The van der Waals surface area contributed by atoms with Gasteiger partial charge in [-0.05, 0) is 31.5 Å². The number of carbonyl (C=O) groups is 1. The van der Waals surface area contributed by atoms with Crippen molar-refractivity contribution in [2.75, 3.05) is 13.9 Å². The molecule has 0 spiro atoms. The van der Waals surface area contributed by atoms with Gasteiger partial charge in [0.1, 0.15) is 34.5 Å². The van der Waals surface area contributed by atoms with Gasteiger partial charge in [-0.15, -0.1) is 0 Å². The molecule has 152 valence electrons. The Morgan fingerprint density at radius 2 is 1.86 bits per heavy atom. The van der Waals surface area contributed by atoms with Crippen molar-refractivity contribution >= 4 is 17.1 Å². The Morgan fingerprint density at radius 1 is 1.14 bits per heavy atom. The number of hydrogen-bond acceptors (Lipinski definition) is 8. The van der Waals surface area contributed by atoms with Crippen molar-refractivity contribution in [1.82, 2.24) is 0 Å². The fourth-order valence-corrected chi connectivity index (χ4v) is 2.63. The second-order valence-corrected chi connectivity index (χ2v) is 6.35. The Morgan fingerprint density at radius 3 is 2.52 bits per heavy atom. The van der Waals surface area contributed by atoms with Crippen LogP contribution in [0.5, 0.6) is 17.2 Å². The molecular formula is C21H20O8. The van der Waals surface area contributed by atoms with Crippen molar-refractivity contribution in [3.05, 3.63) is 52.9 Å². The van der Waals surface area contributed by atoms with E-state index in [2.05, 4.69) is 0 Å². The number of carbonyl (C=O) groups excluding carboxylic acids is 1. The minimum Gasteiger partial charge on any atom is -0.507 e. The first-order chi connectivity index (χ1) is 13.9. The zero-order valence-electron chi connectivity index (χ0n) is 16.1. The molecule has 1 heterocycles. The van der Waals surface area contributed by atoms with Crippen LogP contribution in [-0.4, -0.2) is 31.3 Å². The third-order valence-corrected chi connectivity index (χ3v) is 3.97. The molecule has 1 aromatic heterocycles. The van der Waals surface area contributed by atoms with Crippen LogP contribution in [0.4, 0.5) is 4.79 Å². The van der Waals surface area contributed by atoms with Gasteiger partial charge in [0.15, 0.2) is 0 Å². The molecule has 0 atom stereocenters. The van der Waals surface area contributed by atoms with Crippen molar-refractivity contribution in [1.29, 1.82) is 0 Å². The lowest BCUT2D eigenvalue weighted by Crippen LogP contribution is -2.16. The molecule has 3 aromatic rings. The van der Waals surface area contributed by atoms with Crippen LogP contribution in [-0.2, 0) is 9.47 Å². The van der Waals surface area contributed by atoms with Crippen LogP contribution in [0.25, 0.3) is 22.1 Å². The highest BCUT2D eigenvalue weighted by Crippen LogP contribution is 2.30. The van der Waals surface area contributed by atoms with E-state index in [1.807, 2.05) is 0 Å². The quantitative estimate of drug-likeness (QED) is 0.488. The summed E-state index contributed by atoms with van der Waals surface area (Å²) in [7, 11) is 1.55. The molecule has 0 aliphatic heterocycles. The summed E-state index contributed by atoms with van der Waals surface area (Å²) in [5.41, 5.74) is 0.659. The summed E-state index contributed by atoms with van der Waals surface area (Å²) in [6.45, 7) is 2.95. The Kier molecular flexibility index (Phi) is 5.92. The smallest absolute Gasteiger partial charge is 0.507 e. The van der Waals surface area contributed by atoms with Crippen molar-refractivity contribution in [2.24, 2.45) is 0 Å². The molecule has 0 aliphatic rings. The largest absolute Gasteiger partial charge is 0.511 e. The summed E-state index contributed by atoms with van der Waals surface area (Å²) in [5, 5.41) is 10.3. The summed E-state index contributed by atoms with van der Waals surface area (Å²) in [4.78, 5) is 24.2. The maximum Gasteiger partial charge on any atom is 0.511 e. The summed E-state index contributed by atoms with van der Waals surface area (Å²) >= 11 is 0. The molecule has 8 heteroatoms. The van der Waals surface area contributed by atoms with Gasteiger partial charge < -0.3 is 28.5 Å². The molecule has 0 saturated heterocycles. The number of benzene rings is 2. The lowest BCUT2D eigenvalue weighted by molar-refractivity contribution is -0.00815. The minimum absolute atomic E-state index is 0.0193. The Balaban J connectivity index is 1.84. The second kappa shape index (κ2) is 8.55. The van der Waals surface area contributed by atoms with E-state index >= 15 is 0 Å². The molecule has 0 aliphatic carbocycles. The van der Waals surface area contributed by atoms with Gasteiger partial charge in [-0.2, -0.15) is 0 Å². The van der Waals surface area contributed by atoms with Crippen LogP contribution in [0.3, 0.4) is 0 Å². The maximum atomic E-state index is 12.8. The lowest BCUT2D eigenvalue weighted by atomic mass is 10.0. The lowest BCUT2D eigenvalue weighted by Gasteiger charge is -2.11.